The topological polar surface area (TPSA) is 137 Å². The zero-order chi connectivity index (χ0) is 21.7. The van der Waals surface area contributed by atoms with Gasteiger partial charge in [-0.1, -0.05) is 0 Å². The minimum absolute atomic E-state index is 0.0868. The smallest absolute Gasteiger partial charge is 0.266 e. The molecule has 2 aromatic heterocycles. The molecule has 2 heterocycles. The highest BCUT2D eigenvalue weighted by molar-refractivity contribution is 5.76. The number of benzene rings is 1. The number of aromatic nitrogens is 4. The Balaban J connectivity index is 1.58. The van der Waals surface area contributed by atoms with E-state index in [9.17, 15) is 9.59 Å². The van der Waals surface area contributed by atoms with Crippen LogP contribution in [0.5, 0.6) is 5.75 Å². The van der Waals surface area contributed by atoms with Crippen LogP contribution in [0.4, 0.5) is 0 Å². The summed E-state index contributed by atoms with van der Waals surface area (Å²) in [5.41, 5.74) is 2.61. The van der Waals surface area contributed by atoms with Crippen molar-refractivity contribution in [1.29, 1.82) is 5.26 Å². The van der Waals surface area contributed by atoms with E-state index in [1.165, 1.54) is 0 Å². The summed E-state index contributed by atoms with van der Waals surface area (Å²) >= 11 is 0. The highest BCUT2D eigenvalue weighted by Crippen LogP contribution is 2.19. The molecular formula is C21H22N6O3. The van der Waals surface area contributed by atoms with Gasteiger partial charge in [0.1, 0.15) is 23.2 Å². The van der Waals surface area contributed by atoms with Gasteiger partial charge in [0.15, 0.2) is 5.82 Å². The molecule has 0 unspecified atom stereocenters. The molecule has 0 aliphatic rings. The third-order valence-electron chi connectivity index (χ3n) is 4.86. The Hall–Kier alpha value is -3.93. The molecule has 3 N–H and O–H groups in total. The van der Waals surface area contributed by atoms with E-state index in [0.29, 0.717) is 29.3 Å². The Bertz CT molecular complexity index is 1150. The Labute approximate surface area is 173 Å². The van der Waals surface area contributed by atoms with E-state index in [2.05, 4.69) is 25.5 Å². The SMILES string of the molecule is COc1ccc(-c2n[nH]c(CNC(=O)CCc3c(C)[nH]c(=O)c(C#N)c3C)n2)cc1. The second kappa shape index (κ2) is 9.05. The Kier molecular flexibility index (Phi) is 6.27. The number of aryl methyl sites for hydroxylation is 1. The van der Waals surface area contributed by atoms with Crippen molar-refractivity contribution < 1.29 is 9.53 Å². The number of rotatable bonds is 7. The predicted molar refractivity (Wildman–Crippen MR) is 110 cm³/mol. The van der Waals surface area contributed by atoms with Gasteiger partial charge in [-0.05, 0) is 55.7 Å². The Morgan fingerprint density at radius 1 is 1.27 bits per heavy atom. The lowest BCUT2D eigenvalue weighted by Crippen LogP contribution is -2.24. The van der Waals surface area contributed by atoms with Gasteiger partial charge in [0.2, 0.25) is 5.91 Å². The molecule has 0 bridgehead atoms. The van der Waals surface area contributed by atoms with Gasteiger partial charge >= 0.3 is 0 Å². The summed E-state index contributed by atoms with van der Waals surface area (Å²) in [6.07, 6.45) is 0.639. The second-order valence-corrected chi connectivity index (χ2v) is 6.78. The van der Waals surface area contributed by atoms with Crippen LogP contribution in [0, 0.1) is 25.2 Å². The summed E-state index contributed by atoms with van der Waals surface area (Å²) in [6.45, 7) is 3.70. The molecule has 3 rings (SSSR count). The lowest BCUT2D eigenvalue weighted by Gasteiger charge is -2.10. The van der Waals surface area contributed by atoms with Gasteiger partial charge in [-0.2, -0.15) is 10.4 Å². The average molecular weight is 406 g/mol. The lowest BCUT2D eigenvalue weighted by molar-refractivity contribution is -0.121. The number of carbonyl (C=O) groups excluding carboxylic acids is 1. The van der Waals surface area contributed by atoms with Crippen molar-refractivity contribution in [2.24, 2.45) is 0 Å². The van der Waals surface area contributed by atoms with Gasteiger partial charge in [-0.3, -0.25) is 14.7 Å². The molecule has 9 heteroatoms. The largest absolute Gasteiger partial charge is 0.497 e. The summed E-state index contributed by atoms with van der Waals surface area (Å²) in [7, 11) is 1.60. The summed E-state index contributed by atoms with van der Waals surface area (Å²) in [5, 5.41) is 18.9. The summed E-state index contributed by atoms with van der Waals surface area (Å²) < 4.78 is 5.13. The van der Waals surface area contributed by atoms with Crippen LogP contribution in [0.1, 0.15) is 34.6 Å². The number of H-pyrrole nitrogens is 2. The number of amides is 1. The third-order valence-corrected chi connectivity index (χ3v) is 4.86. The molecule has 3 aromatic rings. The van der Waals surface area contributed by atoms with Crippen LogP contribution in [0.25, 0.3) is 11.4 Å². The van der Waals surface area contributed by atoms with Gasteiger partial charge in [-0.25, -0.2) is 4.98 Å². The van der Waals surface area contributed by atoms with Crippen LogP contribution in [0.2, 0.25) is 0 Å². The number of methoxy groups -OCH3 is 1. The monoisotopic (exact) mass is 406 g/mol. The maximum Gasteiger partial charge on any atom is 0.266 e. The van der Waals surface area contributed by atoms with Gasteiger partial charge in [0.25, 0.3) is 5.56 Å². The molecule has 9 nitrogen and oxygen atoms in total. The molecule has 0 aliphatic carbocycles. The molecule has 0 saturated heterocycles. The standard InChI is InChI=1S/C21H22N6O3/c1-12-16(13(2)24-21(29)17(12)10-22)8-9-19(28)23-11-18-25-20(27-26-18)14-4-6-15(30-3)7-5-14/h4-7H,8-9,11H2,1-3H3,(H,23,28)(H,24,29)(H,25,26,27). The lowest BCUT2D eigenvalue weighted by atomic mass is 9.99. The minimum Gasteiger partial charge on any atom is -0.497 e. The Morgan fingerprint density at radius 3 is 2.67 bits per heavy atom. The van der Waals surface area contributed by atoms with Gasteiger partial charge in [0, 0.05) is 17.7 Å². The van der Waals surface area contributed by atoms with Crippen molar-refractivity contribution in [2.75, 3.05) is 7.11 Å². The molecule has 0 radical (unpaired) electrons. The molecule has 1 amide bonds. The first kappa shape index (κ1) is 20.8. The summed E-state index contributed by atoms with van der Waals surface area (Å²) in [5.74, 6) is 1.65. The van der Waals surface area contributed by atoms with Crippen molar-refractivity contribution >= 4 is 5.91 Å². The number of ether oxygens (including phenoxy) is 1. The molecule has 0 saturated carbocycles. The first-order valence-electron chi connectivity index (χ1n) is 9.37. The van der Waals surface area contributed by atoms with Gasteiger partial charge < -0.3 is 15.0 Å². The van der Waals surface area contributed by atoms with Crippen molar-refractivity contribution in [3.63, 3.8) is 0 Å². The normalized spacial score (nSPS) is 10.5. The molecule has 0 aliphatic heterocycles. The van der Waals surface area contributed by atoms with E-state index in [0.717, 1.165) is 16.9 Å². The number of pyridine rings is 1. The first-order chi connectivity index (χ1) is 14.4. The first-order valence-corrected chi connectivity index (χ1v) is 9.37. The Morgan fingerprint density at radius 2 is 2.00 bits per heavy atom. The van der Waals surface area contributed by atoms with E-state index in [4.69, 9.17) is 10.00 Å². The van der Waals surface area contributed by atoms with E-state index in [1.807, 2.05) is 30.3 Å². The summed E-state index contributed by atoms with van der Waals surface area (Å²) in [6, 6.07) is 9.28. The average Bonchev–Trinajstić information content (AvgIpc) is 3.21. The molecule has 0 atom stereocenters. The fourth-order valence-electron chi connectivity index (χ4n) is 3.17. The van der Waals surface area contributed by atoms with Crippen molar-refractivity contribution in [2.45, 2.75) is 33.2 Å². The van der Waals surface area contributed by atoms with Crippen LogP contribution in [-0.2, 0) is 17.8 Å². The fourth-order valence-corrected chi connectivity index (χ4v) is 3.17. The zero-order valence-corrected chi connectivity index (χ0v) is 17.0. The van der Waals surface area contributed by atoms with Crippen molar-refractivity contribution in [1.82, 2.24) is 25.5 Å². The predicted octanol–water partition coefficient (Wildman–Crippen LogP) is 1.91. The number of carbonyl (C=O) groups is 1. The molecule has 30 heavy (non-hydrogen) atoms. The summed E-state index contributed by atoms with van der Waals surface area (Å²) in [4.78, 5) is 31.1. The quantitative estimate of drug-likeness (QED) is 0.548. The van der Waals surface area contributed by atoms with Crippen molar-refractivity contribution in [3.05, 3.63) is 62.8 Å². The fraction of sp³-hybridized carbons (Fsp3) is 0.286. The van der Waals surface area contributed by atoms with E-state index >= 15 is 0 Å². The van der Waals surface area contributed by atoms with Gasteiger partial charge in [-0.15, -0.1) is 0 Å². The molecule has 154 valence electrons. The van der Waals surface area contributed by atoms with Crippen LogP contribution in [0.3, 0.4) is 0 Å². The molecular weight excluding hydrogens is 384 g/mol. The number of nitrogens with one attached hydrogen (secondary N) is 3. The van der Waals surface area contributed by atoms with Crippen LogP contribution >= 0.6 is 0 Å². The molecule has 0 fully saturated rings. The van der Waals surface area contributed by atoms with Crippen molar-refractivity contribution in [3.8, 4) is 23.2 Å². The highest BCUT2D eigenvalue weighted by atomic mass is 16.5. The van der Waals surface area contributed by atoms with E-state index in [1.54, 1.807) is 21.0 Å². The number of nitriles is 1. The maximum atomic E-state index is 12.3. The van der Waals surface area contributed by atoms with E-state index in [-0.39, 0.29) is 24.4 Å². The van der Waals surface area contributed by atoms with Crippen LogP contribution < -0.4 is 15.6 Å². The second-order valence-electron chi connectivity index (χ2n) is 6.78. The zero-order valence-electron chi connectivity index (χ0n) is 17.0. The van der Waals surface area contributed by atoms with Gasteiger partial charge in [0.05, 0.1) is 13.7 Å². The number of hydrogen-bond acceptors (Lipinski definition) is 6. The number of aromatic amines is 2. The maximum absolute atomic E-state index is 12.3. The molecule has 0 spiro atoms. The third kappa shape index (κ3) is 4.55. The minimum atomic E-state index is -0.404. The van der Waals surface area contributed by atoms with E-state index < -0.39 is 5.56 Å². The van der Waals surface area contributed by atoms with Crippen LogP contribution in [0.15, 0.2) is 29.1 Å². The highest BCUT2D eigenvalue weighted by Gasteiger charge is 2.14. The van der Waals surface area contributed by atoms with Crippen LogP contribution in [-0.4, -0.2) is 33.2 Å². The number of hydrogen-bond donors (Lipinski definition) is 3. The number of nitrogens with zero attached hydrogens (tertiary/aromatic N) is 3. The molecule has 1 aromatic carbocycles.